The van der Waals surface area contributed by atoms with Crippen LogP contribution in [0, 0.1) is 0 Å². The van der Waals surface area contributed by atoms with Crippen LogP contribution >= 0.6 is 0 Å². The lowest BCUT2D eigenvalue weighted by atomic mass is 9.95. The molecule has 1 saturated heterocycles. The molecular formula is C20H23F3N2O2. The van der Waals surface area contributed by atoms with Crippen molar-refractivity contribution in [1.82, 2.24) is 10.2 Å². The van der Waals surface area contributed by atoms with Crippen LogP contribution in [-0.4, -0.2) is 44.0 Å². The van der Waals surface area contributed by atoms with Gasteiger partial charge in [0.2, 0.25) is 0 Å². The highest BCUT2D eigenvalue weighted by Gasteiger charge is 2.31. The van der Waals surface area contributed by atoms with Gasteiger partial charge in [0.05, 0.1) is 12.6 Å². The topological polar surface area (TPSA) is 33.7 Å². The second-order valence-corrected chi connectivity index (χ2v) is 6.28. The number of piperazine rings is 1. The highest BCUT2D eigenvalue weighted by Crippen LogP contribution is 2.36. The lowest BCUT2D eigenvalue weighted by molar-refractivity contribution is -0.274. The van der Waals surface area contributed by atoms with Gasteiger partial charge in [-0.15, -0.1) is 13.2 Å². The summed E-state index contributed by atoms with van der Waals surface area (Å²) in [6, 6.07) is 13.8. The summed E-state index contributed by atoms with van der Waals surface area (Å²) in [4.78, 5) is 2.31. The lowest BCUT2D eigenvalue weighted by Gasteiger charge is -2.36. The number of hydrogen-bond donors (Lipinski definition) is 1. The molecule has 1 fully saturated rings. The van der Waals surface area contributed by atoms with Gasteiger partial charge in [-0.1, -0.05) is 30.3 Å². The van der Waals surface area contributed by atoms with Crippen molar-refractivity contribution in [3.8, 4) is 11.5 Å². The molecule has 1 N–H and O–H groups in total. The van der Waals surface area contributed by atoms with Crippen LogP contribution in [0.1, 0.15) is 24.1 Å². The third kappa shape index (κ3) is 5.14. The van der Waals surface area contributed by atoms with Gasteiger partial charge in [0.15, 0.2) is 0 Å². The Bertz CT molecular complexity index is 729. The molecule has 0 spiro atoms. The van der Waals surface area contributed by atoms with Crippen LogP contribution < -0.4 is 14.8 Å². The Morgan fingerprint density at radius 3 is 2.33 bits per heavy atom. The van der Waals surface area contributed by atoms with Gasteiger partial charge in [-0.25, -0.2) is 0 Å². The minimum absolute atomic E-state index is 0.102. The second-order valence-electron chi connectivity index (χ2n) is 6.28. The van der Waals surface area contributed by atoms with Crippen LogP contribution in [0.2, 0.25) is 0 Å². The zero-order valence-electron chi connectivity index (χ0n) is 15.1. The quantitative estimate of drug-likeness (QED) is 0.822. The lowest BCUT2D eigenvalue weighted by Crippen LogP contribution is -2.45. The predicted octanol–water partition coefficient (Wildman–Crippen LogP) is 3.98. The Kier molecular flexibility index (Phi) is 6.23. The molecule has 0 unspecified atom stereocenters. The Balaban J connectivity index is 1.95. The number of nitrogens with zero attached hydrogens (tertiary/aromatic N) is 1. The maximum Gasteiger partial charge on any atom is 0.573 e. The molecule has 1 atom stereocenters. The molecule has 27 heavy (non-hydrogen) atoms. The minimum Gasteiger partial charge on any atom is -0.494 e. The smallest absolute Gasteiger partial charge is 0.494 e. The fourth-order valence-electron chi connectivity index (χ4n) is 3.37. The minimum atomic E-state index is -4.69. The molecule has 1 aliphatic rings. The summed E-state index contributed by atoms with van der Waals surface area (Å²) in [6.45, 7) is 5.88. The molecule has 1 aliphatic heterocycles. The monoisotopic (exact) mass is 380 g/mol. The van der Waals surface area contributed by atoms with Gasteiger partial charge in [-0.05, 0) is 30.7 Å². The number of nitrogens with one attached hydrogen (secondary N) is 1. The van der Waals surface area contributed by atoms with E-state index in [1.54, 1.807) is 12.1 Å². The molecular weight excluding hydrogens is 357 g/mol. The van der Waals surface area contributed by atoms with E-state index in [0.717, 1.165) is 43.1 Å². The molecule has 0 aliphatic carbocycles. The molecule has 3 rings (SSSR count). The van der Waals surface area contributed by atoms with Gasteiger partial charge >= 0.3 is 6.36 Å². The van der Waals surface area contributed by atoms with Gasteiger partial charge in [0, 0.05) is 31.7 Å². The van der Waals surface area contributed by atoms with Crippen molar-refractivity contribution in [2.24, 2.45) is 0 Å². The molecule has 0 saturated carbocycles. The van der Waals surface area contributed by atoms with Crippen LogP contribution in [0.4, 0.5) is 13.2 Å². The van der Waals surface area contributed by atoms with Gasteiger partial charge in [-0.2, -0.15) is 0 Å². The van der Waals surface area contributed by atoms with Crippen LogP contribution in [0.15, 0.2) is 48.5 Å². The largest absolute Gasteiger partial charge is 0.573 e. The Hall–Kier alpha value is -2.25. The summed E-state index contributed by atoms with van der Waals surface area (Å²) in [5.41, 5.74) is 1.91. The van der Waals surface area contributed by atoms with Crippen LogP contribution in [-0.2, 0) is 0 Å². The molecule has 2 aromatic carbocycles. The van der Waals surface area contributed by atoms with Crippen molar-refractivity contribution in [2.45, 2.75) is 19.3 Å². The van der Waals surface area contributed by atoms with Crippen molar-refractivity contribution in [1.29, 1.82) is 0 Å². The standard InChI is InChI=1S/C20H23F3N2O2/c1-2-26-18-6-4-3-5-17(18)19(25-13-11-24-12-14-25)15-7-9-16(10-8-15)27-20(21,22)23/h3-10,19,24H,2,11-14H2,1H3/t19-/m1/s1. The summed E-state index contributed by atoms with van der Waals surface area (Å²) < 4.78 is 47.1. The van der Waals surface area contributed by atoms with Crippen LogP contribution in [0.5, 0.6) is 11.5 Å². The van der Waals surface area contributed by atoms with E-state index in [2.05, 4.69) is 15.0 Å². The first-order valence-electron chi connectivity index (χ1n) is 9.00. The summed E-state index contributed by atoms with van der Waals surface area (Å²) in [5, 5.41) is 3.33. The number of para-hydroxylation sites is 1. The highest BCUT2D eigenvalue weighted by molar-refractivity contribution is 5.43. The first kappa shape index (κ1) is 19.5. The fourth-order valence-corrected chi connectivity index (χ4v) is 3.37. The fraction of sp³-hybridized carbons (Fsp3) is 0.400. The highest BCUT2D eigenvalue weighted by atomic mass is 19.4. The molecule has 7 heteroatoms. The molecule has 146 valence electrons. The summed E-state index contributed by atoms with van der Waals surface area (Å²) in [6.07, 6.45) is -4.69. The maximum atomic E-state index is 12.4. The first-order chi connectivity index (χ1) is 13.0. The van der Waals surface area contributed by atoms with Crippen LogP contribution in [0.3, 0.4) is 0 Å². The second kappa shape index (κ2) is 8.63. The number of halogens is 3. The molecule has 0 radical (unpaired) electrons. The summed E-state index contributed by atoms with van der Waals surface area (Å²) in [5.74, 6) is 0.572. The van der Waals surface area contributed by atoms with Gasteiger partial charge in [0.1, 0.15) is 11.5 Å². The molecule has 0 amide bonds. The van der Waals surface area contributed by atoms with Crippen molar-refractivity contribution < 1.29 is 22.6 Å². The van der Waals surface area contributed by atoms with Crippen molar-refractivity contribution in [3.05, 3.63) is 59.7 Å². The number of benzene rings is 2. The molecule has 0 aromatic heterocycles. The van der Waals surface area contributed by atoms with Crippen LogP contribution in [0.25, 0.3) is 0 Å². The average Bonchev–Trinajstić information content (AvgIpc) is 2.65. The van der Waals surface area contributed by atoms with E-state index in [1.165, 1.54) is 12.1 Å². The van der Waals surface area contributed by atoms with E-state index in [1.807, 2.05) is 31.2 Å². The summed E-state index contributed by atoms with van der Waals surface area (Å²) in [7, 11) is 0. The third-order valence-corrected chi connectivity index (χ3v) is 4.46. The van der Waals surface area contributed by atoms with E-state index in [4.69, 9.17) is 4.74 Å². The number of alkyl halides is 3. The molecule has 0 bridgehead atoms. The predicted molar refractivity (Wildman–Crippen MR) is 97.0 cm³/mol. The Morgan fingerprint density at radius 2 is 1.70 bits per heavy atom. The zero-order chi connectivity index (χ0) is 19.3. The summed E-state index contributed by atoms with van der Waals surface area (Å²) >= 11 is 0. The van der Waals surface area contributed by atoms with E-state index in [9.17, 15) is 13.2 Å². The normalized spacial score (nSPS) is 16.7. The molecule has 2 aromatic rings. The zero-order valence-corrected chi connectivity index (χ0v) is 15.1. The molecule has 1 heterocycles. The van der Waals surface area contributed by atoms with E-state index < -0.39 is 6.36 Å². The van der Waals surface area contributed by atoms with Gasteiger partial charge in [-0.3, -0.25) is 4.90 Å². The number of ether oxygens (including phenoxy) is 2. The SMILES string of the molecule is CCOc1ccccc1[C@@H](c1ccc(OC(F)(F)F)cc1)N1CCNCC1. The van der Waals surface area contributed by atoms with Gasteiger partial charge in [0.25, 0.3) is 0 Å². The maximum absolute atomic E-state index is 12.4. The number of hydrogen-bond acceptors (Lipinski definition) is 4. The number of rotatable bonds is 6. The Labute approximate surface area is 156 Å². The van der Waals surface area contributed by atoms with E-state index in [0.29, 0.717) is 6.61 Å². The van der Waals surface area contributed by atoms with Crippen molar-refractivity contribution in [3.63, 3.8) is 0 Å². The van der Waals surface area contributed by atoms with E-state index >= 15 is 0 Å². The average molecular weight is 380 g/mol. The van der Waals surface area contributed by atoms with E-state index in [-0.39, 0.29) is 11.8 Å². The van der Waals surface area contributed by atoms with Crippen molar-refractivity contribution in [2.75, 3.05) is 32.8 Å². The molecule has 4 nitrogen and oxygen atoms in total. The van der Waals surface area contributed by atoms with Gasteiger partial charge < -0.3 is 14.8 Å². The third-order valence-electron chi connectivity index (χ3n) is 4.46. The van der Waals surface area contributed by atoms with Crippen molar-refractivity contribution >= 4 is 0 Å². The first-order valence-corrected chi connectivity index (χ1v) is 9.00. The Morgan fingerprint density at radius 1 is 1.04 bits per heavy atom.